The molecule has 8 nitrogen and oxygen atoms in total. The fraction of sp³-hybridized carbons (Fsp3) is 0.241. The highest BCUT2D eigenvalue weighted by molar-refractivity contribution is 5.96. The van der Waals surface area contributed by atoms with E-state index in [2.05, 4.69) is 20.3 Å². The van der Waals surface area contributed by atoms with Gasteiger partial charge in [-0.25, -0.2) is 13.8 Å². The molecule has 3 heterocycles. The molecule has 0 radical (unpaired) electrons. The van der Waals surface area contributed by atoms with Gasteiger partial charge in [0.2, 0.25) is 5.91 Å². The molecule has 0 saturated carbocycles. The third-order valence-electron chi connectivity index (χ3n) is 6.84. The predicted molar refractivity (Wildman–Crippen MR) is 142 cm³/mol. The summed E-state index contributed by atoms with van der Waals surface area (Å²) in [5.74, 6) is -1.48. The Labute approximate surface area is 224 Å². The largest absolute Gasteiger partial charge is 0.367 e. The molecule has 39 heavy (non-hydrogen) atoms. The predicted octanol–water partition coefficient (Wildman–Crippen LogP) is 3.90. The van der Waals surface area contributed by atoms with E-state index < -0.39 is 23.9 Å². The minimum Gasteiger partial charge on any atom is -0.367 e. The highest BCUT2D eigenvalue weighted by atomic mass is 19.1. The summed E-state index contributed by atoms with van der Waals surface area (Å²) >= 11 is 0. The van der Waals surface area contributed by atoms with Crippen LogP contribution in [0.5, 0.6) is 0 Å². The molecule has 1 aliphatic heterocycles. The smallest absolute Gasteiger partial charge is 0.273 e. The Morgan fingerprint density at radius 3 is 2.69 bits per heavy atom. The highest BCUT2D eigenvalue weighted by Gasteiger charge is 2.40. The molecule has 2 N–H and O–H groups in total. The number of aromatic nitrogens is 3. The number of benzene rings is 2. The SMILES string of the molecule is O=C(NCCc1cccc(F)c1)C(c1cccnc1)N(C(=O)c1cnc[nH]1)C1CCN(c2ccccc2F)C1. The van der Waals surface area contributed by atoms with E-state index in [1.165, 1.54) is 30.7 Å². The van der Waals surface area contributed by atoms with Crippen molar-refractivity contribution in [1.82, 2.24) is 25.2 Å². The van der Waals surface area contributed by atoms with Gasteiger partial charge in [0.15, 0.2) is 0 Å². The van der Waals surface area contributed by atoms with Gasteiger partial charge in [-0.05, 0) is 48.7 Å². The lowest BCUT2D eigenvalue weighted by molar-refractivity contribution is -0.126. The highest BCUT2D eigenvalue weighted by Crippen LogP contribution is 2.32. The number of imidazole rings is 1. The summed E-state index contributed by atoms with van der Waals surface area (Å²) in [4.78, 5) is 42.1. The lowest BCUT2D eigenvalue weighted by Crippen LogP contribution is -2.50. The maximum Gasteiger partial charge on any atom is 0.273 e. The number of amides is 2. The van der Waals surface area contributed by atoms with Crippen molar-refractivity contribution in [2.24, 2.45) is 0 Å². The Hall–Kier alpha value is -4.60. The van der Waals surface area contributed by atoms with E-state index in [-0.39, 0.29) is 23.9 Å². The third-order valence-corrected chi connectivity index (χ3v) is 6.84. The zero-order valence-electron chi connectivity index (χ0n) is 21.1. The van der Waals surface area contributed by atoms with Crippen molar-refractivity contribution in [3.8, 4) is 0 Å². The summed E-state index contributed by atoms with van der Waals surface area (Å²) in [7, 11) is 0. The van der Waals surface area contributed by atoms with Gasteiger partial charge in [0.1, 0.15) is 23.4 Å². The van der Waals surface area contributed by atoms with Crippen LogP contribution in [0.15, 0.2) is 85.6 Å². The van der Waals surface area contributed by atoms with Crippen molar-refractivity contribution >= 4 is 17.5 Å². The first kappa shape index (κ1) is 26.0. The Balaban J connectivity index is 1.44. The number of H-pyrrole nitrogens is 1. The maximum atomic E-state index is 14.6. The van der Waals surface area contributed by atoms with Crippen LogP contribution in [0.1, 0.15) is 34.1 Å². The first-order valence-electron chi connectivity index (χ1n) is 12.7. The van der Waals surface area contributed by atoms with Gasteiger partial charge in [0.05, 0.1) is 24.3 Å². The molecule has 0 bridgehead atoms. The van der Waals surface area contributed by atoms with Crippen LogP contribution in [0.3, 0.4) is 0 Å². The van der Waals surface area contributed by atoms with E-state index in [0.29, 0.717) is 37.2 Å². The summed E-state index contributed by atoms with van der Waals surface area (Å²) in [6.07, 6.45) is 6.93. The molecule has 2 unspecified atom stereocenters. The normalized spacial score (nSPS) is 15.6. The first-order valence-corrected chi connectivity index (χ1v) is 12.7. The van der Waals surface area contributed by atoms with E-state index in [0.717, 1.165) is 5.56 Å². The minimum absolute atomic E-state index is 0.237. The Morgan fingerprint density at radius 1 is 1.08 bits per heavy atom. The Kier molecular flexibility index (Phi) is 7.91. The standard InChI is InChI=1S/C29H28F2N6O2/c30-22-7-3-5-20(15-22)10-13-34-28(38)27(21-6-4-12-32-16-21)37(29(39)25-17-33-19-35-25)23-11-14-36(18-23)26-9-2-1-8-24(26)31/h1-9,12,15-17,19,23,27H,10-11,13-14,18H2,(H,33,35)(H,34,38). The number of para-hydroxylation sites is 1. The number of nitrogens with zero attached hydrogens (tertiary/aromatic N) is 4. The molecule has 2 aromatic heterocycles. The molecule has 10 heteroatoms. The van der Waals surface area contributed by atoms with Crippen LogP contribution in [0, 0.1) is 11.6 Å². The van der Waals surface area contributed by atoms with Crippen LogP contribution in [0.25, 0.3) is 0 Å². The van der Waals surface area contributed by atoms with Gasteiger partial charge >= 0.3 is 0 Å². The number of hydrogen-bond acceptors (Lipinski definition) is 5. The van der Waals surface area contributed by atoms with Gasteiger partial charge in [0.25, 0.3) is 5.91 Å². The van der Waals surface area contributed by atoms with Crippen molar-refractivity contribution in [2.75, 3.05) is 24.5 Å². The average Bonchev–Trinajstić information content (AvgIpc) is 3.65. The molecule has 1 fully saturated rings. The zero-order chi connectivity index (χ0) is 27.2. The second-order valence-corrected chi connectivity index (χ2v) is 9.38. The van der Waals surface area contributed by atoms with Crippen LogP contribution in [0.2, 0.25) is 0 Å². The van der Waals surface area contributed by atoms with Crippen molar-refractivity contribution in [2.45, 2.75) is 24.9 Å². The van der Waals surface area contributed by atoms with Crippen molar-refractivity contribution in [3.05, 3.63) is 114 Å². The van der Waals surface area contributed by atoms with E-state index in [1.54, 1.807) is 59.8 Å². The molecule has 2 atom stereocenters. The summed E-state index contributed by atoms with van der Waals surface area (Å²) in [5.41, 5.74) is 1.97. The minimum atomic E-state index is -1.01. The maximum absolute atomic E-state index is 14.6. The number of nitrogens with one attached hydrogen (secondary N) is 2. The quantitative estimate of drug-likeness (QED) is 0.342. The second-order valence-electron chi connectivity index (χ2n) is 9.38. The molecule has 2 amide bonds. The second kappa shape index (κ2) is 11.8. The summed E-state index contributed by atoms with van der Waals surface area (Å²) in [6, 6.07) is 14.8. The summed E-state index contributed by atoms with van der Waals surface area (Å²) < 4.78 is 28.2. The molecular formula is C29H28F2N6O2. The molecule has 200 valence electrons. The van der Waals surface area contributed by atoms with Crippen LogP contribution in [-0.2, 0) is 11.2 Å². The van der Waals surface area contributed by atoms with Crippen LogP contribution in [0.4, 0.5) is 14.5 Å². The van der Waals surface area contributed by atoms with E-state index in [1.807, 2.05) is 4.90 Å². The number of aromatic amines is 1. The summed E-state index contributed by atoms with van der Waals surface area (Å²) in [6.45, 7) is 1.10. The van der Waals surface area contributed by atoms with E-state index in [4.69, 9.17) is 0 Å². The topological polar surface area (TPSA) is 94.2 Å². The van der Waals surface area contributed by atoms with Gasteiger partial charge in [-0.1, -0.05) is 30.3 Å². The number of hydrogen-bond donors (Lipinski definition) is 2. The van der Waals surface area contributed by atoms with Crippen LogP contribution < -0.4 is 10.2 Å². The Bertz CT molecular complexity index is 1420. The third kappa shape index (κ3) is 5.95. The van der Waals surface area contributed by atoms with Gasteiger partial charge in [-0.2, -0.15) is 0 Å². The number of carbonyl (C=O) groups is 2. The van der Waals surface area contributed by atoms with Crippen LogP contribution in [-0.4, -0.2) is 57.3 Å². The molecule has 2 aromatic carbocycles. The van der Waals surface area contributed by atoms with Crippen LogP contribution >= 0.6 is 0 Å². The van der Waals surface area contributed by atoms with Crippen molar-refractivity contribution in [3.63, 3.8) is 0 Å². The monoisotopic (exact) mass is 530 g/mol. The number of carbonyl (C=O) groups excluding carboxylic acids is 2. The lowest BCUT2D eigenvalue weighted by Gasteiger charge is -2.35. The molecule has 0 spiro atoms. The molecule has 1 aliphatic rings. The Morgan fingerprint density at radius 2 is 1.95 bits per heavy atom. The summed E-state index contributed by atoms with van der Waals surface area (Å²) in [5, 5.41) is 2.92. The first-order chi connectivity index (χ1) is 19.0. The zero-order valence-corrected chi connectivity index (χ0v) is 21.1. The van der Waals surface area contributed by atoms with Crippen molar-refractivity contribution < 1.29 is 18.4 Å². The average molecular weight is 531 g/mol. The number of halogens is 2. The van der Waals surface area contributed by atoms with Gasteiger partial charge in [-0.15, -0.1) is 0 Å². The van der Waals surface area contributed by atoms with E-state index in [9.17, 15) is 18.4 Å². The molecule has 5 rings (SSSR count). The van der Waals surface area contributed by atoms with E-state index >= 15 is 0 Å². The number of rotatable bonds is 9. The van der Waals surface area contributed by atoms with Gasteiger partial charge in [0, 0.05) is 37.6 Å². The van der Waals surface area contributed by atoms with Gasteiger partial charge in [-0.3, -0.25) is 14.6 Å². The fourth-order valence-corrected chi connectivity index (χ4v) is 5.00. The van der Waals surface area contributed by atoms with Gasteiger partial charge < -0.3 is 20.1 Å². The van der Waals surface area contributed by atoms with Crippen molar-refractivity contribution in [1.29, 1.82) is 0 Å². The lowest BCUT2D eigenvalue weighted by atomic mass is 10.0. The molecule has 0 aliphatic carbocycles. The fourth-order valence-electron chi connectivity index (χ4n) is 5.00. The molecule has 1 saturated heterocycles. The number of anilines is 1. The number of pyridine rings is 1. The molecular weight excluding hydrogens is 502 g/mol. The molecule has 4 aromatic rings.